The van der Waals surface area contributed by atoms with Gasteiger partial charge in [-0.05, 0) is 6.08 Å². The topological polar surface area (TPSA) is 228 Å². The van der Waals surface area contributed by atoms with Crippen molar-refractivity contribution in [2.75, 3.05) is 6.61 Å². The van der Waals surface area contributed by atoms with E-state index >= 15 is 0 Å². The minimum absolute atomic E-state index is 0.241. The third-order valence-electron chi connectivity index (χ3n) is 4.53. The summed E-state index contributed by atoms with van der Waals surface area (Å²) in [4.78, 5) is 50.2. The highest BCUT2D eigenvalue weighted by atomic mass is 16.7. The van der Waals surface area contributed by atoms with Crippen molar-refractivity contribution in [3.8, 4) is 0 Å². The van der Waals surface area contributed by atoms with Crippen molar-refractivity contribution in [3.63, 3.8) is 0 Å². The number of guanidine groups is 1. The number of aliphatic imine (C=N–C) groups is 1. The van der Waals surface area contributed by atoms with E-state index in [1.54, 1.807) is 0 Å². The first kappa shape index (κ1) is 25.8. The normalized spacial score (nSPS) is 30.3. The molecule has 1 fully saturated rings. The number of aliphatic hydroxyl groups is 2. The fraction of sp³-hybridized carbons (Fsp3) is 0.611. The Bertz CT molecular complexity index is 845. The van der Waals surface area contributed by atoms with Gasteiger partial charge in [0, 0.05) is 20.8 Å². The first-order chi connectivity index (χ1) is 15.4. The van der Waals surface area contributed by atoms with Gasteiger partial charge in [0.2, 0.25) is 18.0 Å². The number of carboxylic acid groups (broad SMARTS) is 1. The lowest BCUT2D eigenvalue weighted by Crippen LogP contribution is -2.59. The number of esters is 1. The van der Waals surface area contributed by atoms with E-state index < -0.39 is 78.4 Å². The quantitative estimate of drug-likeness (QED) is 0.0999. The highest BCUT2D eigenvalue weighted by Crippen LogP contribution is 2.29. The van der Waals surface area contributed by atoms with Gasteiger partial charge in [0.15, 0.2) is 12.1 Å². The van der Waals surface area contributed by atoms with Gasteiger partial charge < -0.3 is 45.3 Å². The number of nitrogens with zero attached hydrogens (tertiary/aromatic N) is 1. The van der Waals surface area contributed by atoms with Crippen LogP contribution in [0.5, 0.6) is 0 Å². The molecule has 2 heterocycles. The van der Waals surface area contributed by atoms with E-state index in [0.717, 1.165) is 13.0 Å². The second kappa shape index (κ2) is 10.9. The molecule has 7 N–H and O–H groups in total. The molecule has 0 aromatic rings. The summed E-state index contributed by atoms with van der Waals surface area (Å²) in [5.41, 5.74) is 5.72. The number of alkyl carbamates (subject to hydrolysis) is 1. The molecule has 2 aliphatic rings. The van der Waals surface area contributed by atoms with E-state index in [-0.39, 0.29) is 6.61 Å². The van der Waals surface area contributed by atoms with Gasteiger partial charge >= 0.3 is 18.0 Å². The molecule has 0 bridgehead atoms. The molecule has 0 spiro atoms. The Balaban J connectivity index is 2.28. The van der Waals surface area contributed by atoms with Crippen LogP contribution in [-0.4, -0.2) is 94.6 Å². The Morgan fingerprint density at radius 1 is 1.21 bits per heavy atom. The number of hydrogen-bond acceptors (Lipinski definition) is 11. The van der Waals surface area contributed by atoms with Crippen LogP contribution in [0.1, 0.15) is 20.8 Å². The molecule has 0 saturated carbocycles. The van der Waals surface area contributed by atoms with Gasteiger partial charge in [-0.15, -0.1) is 0 Å². The number of rotatable bonds is 6. The maximum Gasteiger partial charge on any atom is 0.417 e. The Kier molecular flexibility index (Phi) is 8.56. The third-order valence-corrected chi connectivity index (χ3v) is 4.53. The molecule has 15 heteroatoms. The monoisotopic (exact) mass is 474 g/mol. The van der Waals surface area contributed by atoms with Crippen LogP contribution in [0.15, 0.2) is 16.8 Å². The highest BCUT2D eigenvalue weighted by molar-refractivity contribution is 5.93. The smallest absolute Gasteiger partial charge is 0.417 e. The van der Waals surface area contributed by atoms with E-state index in [1.165, 1.54) is 13.8 Å². The third kappa shape index (κ3) is 7.03. The van der Waals surface area contributed by atoms with E-state index in [0.29, 0.717) is 0 Å². The molecule has 2 aliphatic heterocycles. The minimum Gasteiger partial charge on any atom is -0.478 e. The first-order valence-corrected chi connectivity index (χ1v) is 9.73. The summed E-state index contributed by atoms with van der Waals surface area (Å²) < 4.78 is 20.2. The van der Waals surface area contributed by atoms with Crippen LogP contribution in [0.2, 0.25) is 0 Å². The number of hydrogen-bond donors (Lipinski definition) is 6. The number of nitrogens with one attached hydrogen (secondary N) is 2. The summed E-state index contributed by atoms with van der Waals surface area (Å²) >= 11 is 0. The van der Waals surface area contributed by atoms with Crippen LogP contribution in [-0.2, 0) is 33.3 Å². The molecule has 2 amide bonds. The maximum atomic E-state index is 11.9. The maximum absolute atomic E-state index is 11.9. The number of carbonyl (C=O) groups is 4. The van der Waals surface area contributed by atoms with E-state index in [9.17, 15) is 34.5 Å². The molecule has 2 rings (SSSR count). The molecule has 7 atom stereocenters. The zero-order valence-corrected chi connectivity index (χ0v) is 18.0. The number of ether oxygens (including phenoxy) is 4. The Hall–Kier alpha value is -3.43. The summed E-state index contributed by atoms with van der Waals surface area (Å²) in [6.45, 7) is 3.35. The number of carbonyl (C=O) groups excluding carboxylic acids is 3. The van der Waals surface area contributed by atoms with Gasteiger partial charge in [-0.3, -0.25) is 14.9 Å². The summed E-state index contributed by atoms with van der Waals surface area (Å²) in [5.74, 6) is -3.81. The van der Waals surface area contributed by atoms with Crippen LogP contribution in [0, 0.1) is 0 Å². The second-order valence-corrected chi connectivity index (χ2v) is 7.21. The van der Waals surface area contributed by atoms with Gasteiger partial charge in [-0.1, -0.05) is 0 Å². The van der Waals surface area contributed by atoms with Crippen molar-refractivity contribution < 1.29 is 53.4 Å². The van der Waals surface area contributed by atoms with Gasteiger partial charge in [0.25, 0.3) is 0 Å². The average Bonchev–Trinajstić information content (AvgIpc) is 3.00. The van der Waals surface area contributed by atoms with E-state index in [4.69, 9.17) is 19.9 Å². The second-order valence-electron chi connectivity index (χ2n) is 7.21. The fourth-order valence-corrected chi connectivity index (χ4v) is 3.28. The SMILES string of the molecule is CC(=O)N[C@@H]1[C@@H](N=C(N)NC(=O)OC(C)OC(C)=O)C=C(C(=O)O)O[C@H]1C1OC[C@@H](O)[C@H]1O. The Labute approximate surface area is 187 Å². The predicted octanol–water partition coefficient (Wildman–Crippen LogP) is -2.70. The van der Waals surface area contributed by atoms with Crippen LogP contribution in [0.25, 0.3) is 0 Å². The van der Waals surface area contributed by atoms with Crippen molar-refractivity contribution in [1.82, 2.24) is 10.6 Å². The van der Waals surface area contributed by atoms with Crippen molar-refractivity contribution >= 4 is 29.9 Å². The van der Waals surface area contributed by atoms with Crippen LogP contribution in [0.3, 0.4) is 0 Å². The number of aliphatic carboxylic acids is 1. The molecule has 33 heavy (non-hydrogen) atoms. The van der Waals surface area contributed by atoms with Crippen molar-refractivity contribution in [2.45, 2.75) is 63.6 Å². The molecule has 0 radical (unpaired) electrons. The number of carboxylic acids is 1. The summed E-state index contributed by atoms with van der Waals surface area (Å²) in [7, 11) is 0. The predicted molar refractivity (Wildman–Crippen MR) is 106 cm³/mol. The van der Waals surface area contributed by atoms with Gasteiger partial charge in [0.1, 0.15) is 18.3 Å². The fourth-order valence-electron chi connectivity index (χ4n) is 3.28. The molecule has 184 valence electrons. The van der Waals surface area contributed by atoms with Crippen molar-refractivity contribution in [3.05, 3.63) is 11.8 Å². The van der Waals surface area contributed by atoms with Crippen LogP contribution < -0.4 is 16.4 Å². The summed E-state index contributed by atoms with van der Waals surface area (Å²) in [6, 6.07) is -2.30. The summed E-state index contributed by atoms with van der Waals surface area (Å²) in [5, 5.41) is 34.0. The molecular formula is C18H26N4O11. The van der Waals surface area contributed by atoms with Crippen LogP contribution >= 0.6 is 0 Å². The molecule has 1 saturated heterocycles. The Morgan fingerprint density at radius 2 is 1.88 bits per heavy atom. The van der Waals surface area contributed by atoms with E-state index in [1.807, 2.05) is 0 Å². The lowest BCUT2D eigenvalue weighted by atomic mass is 9.92. The highest BCUT2D eigenvalue weighted by Gasteiger charge is 2.49. The molecule has 0 aliphatic carbocycles. The van der Waals surface area contributed by atoms with Crippen molar-refractivity contribution in [1.29, 1.82) is 0 Å². The molecule has 15 nitrogen and oxygen atoms in total. The lowest BCUT2D eigenvalue weighted by Gasteiger charge is -2.38. The van der Waals surface area contributed by atoms with Gasteiger partial charge in [-0.2, -0.15) is 0 Å². The Morgan fingerprint density at radius 3 is 2.39 bits per heavy atom. The molecule has 2 unspecified atom stereocenters. The summed E-state index contributed by atoms with van der Waals surface area (Å²) in [6.07, 6.45) is -6.48. The zero-order chi connectivity index (χ0) is 24.9. The zero-order valence-electron chi connectivity index (χ0n) is 18.0. The molecular weight excluding hydrogens is 448 g/mol. The lowest BCUT2D eigenvalue weighted by molar-refractivity contribution is -0.161. The number of nitrogens with two attached hydrogens (primary N) is 1. The molecule has 0 aromatic heterocycles. The largest absolute Gasteiger partial charge is 0.478 e. The molecule has 0 aromatic carbocycles. The van der Waals surface area contributed by atoms with Gasteiger partial charge in [0.05, 0.1) is 18.7 Å². The number of aliphatic hydroxyl groups excluding tert-OH is 2. The standard InChI is InChI=1S/C18H26N4O11/c1-6(23)20-12-9(21-17(19)22-18(29)32-8(3)31-7(2)24)4-11(16(27)28)33-14(12)15-13(26)10(25)5-30-15/h4,8-10,12-15,25-26H,5H2,1-3H3,(H,20,23)(H,27,28)(H3,19,21,22,29)/t8?,9-,10+,12+,13+,14+,15?/m0/s1. The number of amides is 2. The van der Waals surface area contributed by atoms with Crippen molar-refractivity contribution in [2.24, 2.45) is 10.7 Å². The first-order valence-electron chi connectivity index (χ1n) is 9.73. The van der Waals surface area contributed by atoms with Crippen LogP contribution in [0.4, 0.5) is 4.79 Å². The van der Waals surface area contributed by atoms with E-state index in [2.05, 4.69) is 20.4 Å². The minimum atomic E-state index is -1.48. The van der Waals surface area contributed by atoms with Gasteiger partial charge in [-0.25, -0.2) is 14.6 Å². The average molecular weight is 474 g/mol.